The lowest BCUT2D eigenvalue weighted by Gasteiger charge is -2.24. The summed E-state index contributed by atoms with van der Waals surface area (Å²) in [7, 11) is 1.83. The normalized spacial score (nSPS) is 14.0. The van der Waals surface area contributed by atoms with Crippen molar-refractivity contribution in [2.75, 3.05) is 13.6 Å². The van der Waals surface area contributed by atoms with Gasteiger partial charge in [-0.15, -0.1) is 0 Å². The molecule has 2 unspecified atom stereocenters. The molecule has 1 aromatic rings. The first kappa shape index (κ1) is 14.7. The van der Waals surface area contributed by atoms with E-state index in [1.165, 1.54) is 5.56 Å². The van der Waals surface area contributed by atoms with Crippen LogP contribution in [0.1, 0.15) is 25.8 Å². The number of nitrogens with zero attached hydrogens (tertiary/aromatic N) is 1. The van der Waals surface area contributed by atoms with Crippen LogP contribution in [-0.4, -0.2) is 30.4 Å². The van der Waals surface area contributed by atoms with Crippen molar-refractivity contribution in [3.05, 3.63) is 35.9 Å². The second-order valence-corrected chi connectivity index (χ2v) is 4.91. The average Bonchev–Trinajstić information content (AvgIpc) is 2.43. The summed E-state index contributed by atoms with van der Waals surface area (Å²) in [5, 5.41) is 0. The van der Waals surface area contributed by atoms with Gasteiger partial charge in [-0.1, -0.05) is 50.6 Å². The second kappa shape index (κ2) is 7.17. The maximum absolute atomic E-state index is 12.1. The summed E-state index contributed by atoms with van der Waals surface area (Å²) in [6.45, 7) is 4.79. The Hall–Kier alpha value is -1.35. The van der Waals surface area contributed by atoms with Crippen LogP contribution < -0.4 is 5.73 Å². The van der Waals surface area contributed by atoms with E-state index in [2.05, 4.69) is 19.1 Å². The molecule has 2 atom stereocenters. The summed E-state index contributed by atoms with van der Waals surface area (Å²) >= 11 is 0. The van der Waals surface area contributed by atoms with Crippen LogP contribution in [0.4, 0.5) is 0 Å². The predicted molar refractivity (Wildman–Crippen MR) is 75.2 cm³/mol. The van der Waals surface area contributed by atoms with Crippen molar-refractivity contribution >= 4 is 5.91 Å². The fourth-order valence-corrected chi connectivity index (χ4v) is 1.80. The zero-order chi connectivity index (χ0) is 13.5. The topological polar surface area (TPSA) is 46.3 Å². The van der Waals surface area contributed by atoms with Crippen LogP contribution in [0.5, 0.6) is 0 Å². The molecular weight excluding hydrogens is 224 g/mol. The Bertz CT molecular complexity index is 364. The molecule has 1 rings (SSSR count). The number of benzene rings is 1. The van der Waals surface area contributed by atoms with Crippen LogP contribution in [0.25, 0.3) is 0 Å². The lowest BCUT2D eigenvalue weighted by Crippen LogP contribution is -2.46. The first-order valence-electron chi connectivity index (χ1n) is 6.60. The highest BCUT2D eigenvalue weighted by atomic mass is 16.2. The van der Waals surface area contributed by atoms with E-state index in [0.717, 1.165) is 12.8 Å². The van der Waals surface area contributed by atoms with Crippen LogP contribution in [0.3, 0.4) is 0 Å². The van der Waals surface area contributed by atoms with Crippen LogP contribution in [0.2, 0.25) is 0 Å². The minimum atomic E-state index is -0.379. The van der Waals surface area contributed by atoms with Crippen molar-refractivity contribution in [3.8, 4) is 0 Å². The second-order valence-electron chi connectivity index (χ2n) is 4.91. The van der Waals surface area contributed by atoms with Gasteiger partial charge in [-0.3, -0.25) is 4.79 Å². The van der Waals surface area contributed by atoms with Crippen LogP contribution in [0, 0.1) is 5.92 Å². The van der Waals surface area contributed by atoms with Gasteiger partial charge in [0, 0.05) is 13.6 Å². The smallest absolute Gasteiger partial charge is 0.239 e. The lowest BCUT2D eigenvalue weighted by molar-refractivity contribution is -0.132. The summed E-state index contributed by atoms with van der Waals surface area (Å²) in [5.41, 5.74) is 7.19. The number of amides is 1. The van der Waals surface area contributed by atoms with Crippen molar-refractivity contribution in [2.45, 2.75) is 32.7 Å². The quantitative estimate of drug-likeness (QED) is 0.837. The summed E-state index contributed by atoms with van der Waals surface area (Å²) in [5.74, 6) is 0.275. The average molecular weight is 248 g/mol. The molecule has 3 nitrogen and oxygen atoms in total. The monoisotopic (exact) mass is 248 g/mol. The van der Waals surface area contributed by atoms with Gasteiger partial charge < -0.3 is 10.6 Å². The van der Waals surface area contributed by atoms with Crippen LogP contribution in [0.15, 0.2) is 30.3 Å². The molecule has 0 saturated heterocycles. The van der Waals surface area contributed by atoms with Crippen molar-refractivity contribution < 1.29 is 4.79 Å². The molecule has 0 aliphatic rings. The molecule has 0 heterocycles. The molecule has 0 bridgehead atoms. The maximum atomic E-state index is 12.1. The zero-order valence-corrected chi connectivity index (χ0v) is 11.6. The predicted octanol–water partition coefficient (Wildman–Crippen LogP) is 2.06. The Labute approximate surface area is 110 Å². The van der Waals surface area contributed by atoms with Gasteiger partial charge in [0.2, 0.25) is 5.91 Å². The molecule has 0 fully saturated rings. The Morgan fingerprint density at radius 3 is 2.50 bits per heavy atom. The third kappa shape index (κ3) is 4.15. The van der Waals surface area contributed by atoms with E-state index in [1.807, 2.05) is 32.2 Å². The van der Waals surface area contributed by atoms with Gasteiger partial charge in [-0.25, -0.2) is 0 Å². The molecule has 100 valence electrons. The molecular formula is C15H24N2O. The van der Waals surface area contributed by atoms with E-state index in [4.69, 9.17) is 5.73 Å². The Morgan fingerprint density at radius 1 is 1.33 bits per heavy atom. The molecule has 2 N–H and O–H groups in total. The summed E-state index contributed by atoms with van der Waals surface area (Å²) < 4.78 is 0. The summed E-state index contributed by atoms with van der Waals surface area (Å²) in [6.07, 6.45) is 1.80. The molecule has 0 aliphatic heterocycles. The molecule has 0 saturated carbocycles. The minimum absolute atomic E-state index is 0.0419. The van der Waals surface area contributed by atoms with Gasteiger partial charge >= 0.3 is 0 Å². The number of rotatable bonds is 6. The molecule has 0 aliphatic carbocycles. The van der Waals surface area contributed by atoms with Gasteiger partial charge in [-0.05, 0) is 17.9 Å². The van der Waals surface area contributed by atoms with Crippen molar-refractivity contribution in [1.29, 1.82) is 0 Å². The number of likely N-dealkylation sites (N-methyl/N-ethyl adjacent to an activating group) is 1. The third-order valence-electron chi connectivity index (χ3n) is 3.50. The highest BCUT2D eigenvalue weighted by molar-refractivity contribution is 5.81. The van der Waals surface area contributed by atoms with Gasteiger partial charge in [0.25, 0.3) is 0 Å². The van der Waals surface area contributed by atoms with E-state index in [-0.39, 0.29) is 17.9 Å². The molecule has 1 amide bonds. The van der Waals surface area contributed by atoms with E-state index >= 15 is 0 Å². The lowest BCUT2D eigenvalue weighted by atomic mass is 9.99. The van der Waals surface area contributed by atoms with Crippen molar-refractivity contribution in [3.63, 3.8) is 0 Å². The maximum Gasteiger partial charge on any atom is 0.239 e. The Morgan fingerprint density at radius 2 is 1.94 bits per heavy atom. The fourth-order valence-electron chi connectivity index (χ4n) is 1.80. The van der Waals surface area contributed by atoms with Gasteiger partial charge in [0.15, 0.2) is 0 Å². The molecule has 3 heteroatoms. The SMILES string of the molecule is CCC(C)C(N)C(=O)N(C)CCc1ccccc1. The van der Waals surface area contributed by atoms with Gasteiger partial charge in [0.1, 0.15) is 0 Å². The molecule has 0 spiro atoms. The molecule has 18 heavy (non-hydrogen) atoms. The van der Waals surface area contributed by atoms with Crippen molar-refractivity contribution in [2.24, 2.45) is 11.7 Å². The first-order valence-corrected chi connectivity index (χ1v) is 6.60. The van der Waals surface area contributed by atoms with E-state index in [9.17, 15) is 4.79 Å². The fraction of sp³-hybridized carbons (Fsp3) is 0.533. The van der Waals surface area contributed by atoms with Crippen LogP contribution >= 0.6 is 0 Å². The largest absolute Gasteiger partial charge is 0.344 e. The number of hydrogen-bond donors (Lipinski definition) is 1. The van der Waals surface area contributed by atoms with Crippen molar-refractivity contribution in [1.82, 2.24) is 4.90 Å². The number of nitrogens with two attached hydrogens (primary N) is 1. The summed E-state index contributed by atoms with van der Waals surface area (Å²) in [6, 6.07) is 9.80. The highest BCUT2D eigenvalue weighted by Gasteiger charge is 2.22. The Balaban J connectivity index is 2.45. The summed E-state index contributed by atoms with van der Waals surface area (Å²) in [4.78, 5) is 13.8. The Kier molecular flexibility index (Phi) is 5.86. The van der Waals surface area contributed by atoms with E-state index in [0.29, 0.717) is 6.54 Å². The molecule has 1 aromatic carbocycles. The first-order chi connectivity index (χ1) is 8.56. The number of carbonyl (C=O) groups excluding carboxylic acids is 1. The number of hydrogen-bond acceptors (Lipinski definition) is 2. The van der Waals surface area contributed by atoms with Gasteiger partial charge in [0.05, 0.1) is 6.04 Å². The number of carbonyl (C=O) groups is 1. The highest BCUT2D eigenvalue weighted by Crippen LogP contribution is 2.08. The standard InChI is InChI=1S/C15H24N2O/c1-4-12(2)14(16)15(18)17(3)11-10-13-8-6-5-7-9-13/h5-9,12,14H,4,10-11,16H2,1-3H3. The zero-order valence-electron chi connectivity index (χ0n) is 11.6. The molecule has 0 radical (unpaired) electrons. The minimum Gasteiger partial charge on any atom is -0.344 e. The van der Waals surface area contributed by atoms with E-state index in [1.54, 1.807) is 4.90 Å². The van der Waals surface area contributed by atoms with E-state index < -0.39 is 0 Å². The van der Waals surface area contributed by atoms with Crippen LogP contribution in [-0.2, 0) is 11.2 Å². The van der Waals surface area contributed by atoms with Gasteiger partial charge in [-0.2, -0.15) is 0 Å². The molecule has 0 aromatic heterocycles. The third-order valence-corrected chi connectivity index (χ3v) is 3.50.